The van der Waals surface area contributed by atoms with Crippen molar-refractivity contribution in [1.82, 2.24) is 5.06 Å². The van der Waals surface area contributed by atoms with Gasteiger partial charge in [0, 0.05) is 13.0 Å². The Morgan fingerprint density at radius 2 is 0.930 bits per heavy atom. The van der Waals surface area contributed by atoms with Crippen LogP contribution in [0.1, 0.15) is 206 Å². The Bertz CT molecular complexity index is 600. The third-order valence-electron chi connectivity index (χ3n) is 8.76. The highest BCUT2D eigenvalue weighted by molar-refractivity contribution is 5.73. The molecule has 6 nitrogen and oxygen atoms in total. The molecule has 0 amide bonds. The molecule has 1 rings (SSSR count). The van der Waals surface area contributed by atoms with E-state index in [4.69, 9.17) is 15.1 Å². The summed E-state index contributed by atoms with van der Waals surface area (Å²) in [6.07, 6.45) is 38.5. The van der Waals surface area contributed by atoms with Crippen LogP contribution in [0, 0.1) is 0 Å². The normalized spacial score (nSPS) is 14.9. The van der Waals surface area contributed by atoms with Crippen molar-refractivity contribution >= 4 is 11.9 Å². The number of hydrogen-bond donors (Lipinski definition) is 2. The predicted molar refractivity (Wildman–Crippen MR) is 181 cm³/mol. The number of carbonyl (C=O) groups excluding carboxylic acids is 1. The number of hydroxylamine groups is 2. The van der Waals surface area contributed by atoms with Crippen molar-refractivity contribution in [3.63, 3.8) is 0 Å². The lowest BCUT2D eigenvalue weighted by Crippen LogP contribution is -2.32. The van der Waals surface area contributed by atoms with Gasteiger partial charge in [-0.2, -0.15) is 5.06 Å². The second-order valence-electron chi connectivity index (χ2n) is 13.0. The maximum atomic E-state index is 11.9. The molecular formula is C37H73NO5. The molecule has 0 unspecified atom stereocenters. The first-order valence-electron chi connectivity index (χ1n) is 18.9. The van der Waals surface area contributed by atoms with Gasteiger partial charge in [0.1, 0.15) is 6.04 Å². The van der Waals surface area contributed by atoms with Gasteiger partial charge in [0.15, 0.2) is 0 Å². The minimum absolute atomic E-state index is 0.0257. The van der Waals surface area contributed by atoms with Gasteiger partial charge in [0.05, 0.1) is 6.61 Å². The first-order chi connectivity index (χ1) is 21.0. The molecule has 0 bridgehead atoms. The quantitative estimate of drug-likeness (QED) is 0.0620. The smallest absolute Gasteiger partial charge is 0.323 e. The van der Waals surface area contributed by atoms with Crippen LogP contribution in [0.4, 0.5) is 0 Å². The van der Waals surface area contributed by atoms with E-state index in [0.717, 1.165) is 24.3 Å². The summed E-state index contributed by atoms with van der Waals surface area (Å²) in [4.78, 5) is 22.1. The maximum absolute atomic E-state index is 11.9. The Morgan fingerprint density at radius 1 is 0.581 bits per heavy atom. The van der Waals surface area contributed by atoms with Gasteiger partial charge in [-0.05, 0) is 25.7 Å². The fraction of sp³-hybridized carbons (Fsp3) is 0.946. The van der Waals surface area contributed by atoms with Crippen LogP contribution in [-0.2, 0) is 14.3 Å². The molecule has 0 saturated carbocycles. The summed E-state index contributed by atoms with van der Waals surface area (Å²) in [6.45, 7) is 5.69. The highest BCUT2D eigenvalue weighted by atomic mass is 16.5. The number of esters is 1. The van der Waals surface area contributed by atoms with E-state index in [-0.39, 0.29) is 5.97 Å². The number of ether oxygens (including phenoxy) is 1. The summed E-state index contributed by atoms with van der Waals surface area (Å²) in [5.41, 5.74) is 0. The van der Waals surface area contributed by atoms with E-state index in [2.05, 4.69) is 13.8 Å². The molecular weight excluding hydrogens is 538 g/mol. The van der Waals surface area contributed by atoms with E-state index in [0.29, 0.717) is 26.0 Å². The Labute approximate surface area is 267 Å². The Balaban J connectivity index is 0.00000165. The summed E-state index contributed by atoms with van der Waals surface area (Å²) in [5, 5.41) is 18.1. The molecule has 0 aliphatic carbocycles. The molecule has 1 heterocycles. The lowest BCUT2D eigenvalue weighted by molar-refractivity contribution is -0.161. The number of carboxylic acids is 1. The van der Waals surface area contributed by atoms with E-state index in [9.17, 15) is 9.59 Å². The molecule has 1 atom stereocenters. The van der Waals surface area contributed by atoms with Crippen molar-refractivity contribution in [2.45, 2.75) is 213 Å². The van der Waals surface area contributed by atoms with Crippen LogP contribution < -0.4 is 0 Å². The van der Waals surface area contributed by atoms with Crippen LogP contribution >= 0.6 is 0 Å². The predicted octanol–water partition coefficient (Wildman–Crippen LogP) is 11.4. The molecule has 0 spiro atoms. The summed E-state index contributed by atoms with van der Waals surface area (Å²) in [6, 6.07) is -0.662. The molecule has 2 N–H and O–H groups in total. The monoisotopic (exact) mass is 612 g/mol. The summed E-state index contributed by atoms with van der Waals surface area (Å²) in [7, 11) is 0. The SMILES string of the molecule is CCCCCCCCCCCCCCCCOC(=O)CCCCCCCCCCCCCCC.O=C(O)[C@@H]1CCCN1O. The van der Waals surface area contributed by atoms with E-state index in [1.165, 1.54) is 161 Å². The lowest BCUT2D eigenvalue weighted by Gasteiger charge is -2.11. The maximum Gasteiger partial charge on any atom is 0.323 e. The fourth-order valence-electron chi connectivity index (χ4n) is 5.84. The summed E-state index contributed by atoms with van der Waals surface area (Å²) in [5.74, 6) is -0.909. The van der Waals surface area contributed by atoms with E-state index >= 15 is 0 Å². The van der Waals surface area contributed by atoms with E-state index in [1.54, 1.807) is 0 Å². The highest BCUT2D eigenvalue weighted by Crippen LogP contribution is 2.15. The Morgan fingerprint density at radius 3 is 1.23 bits per heavy atom. The second-order valence-corrected chi connectivity index (χ2v) is 13.0. The van der Waals surface area contributed by atoms with E-state index < -0.39 is 12.0 Å². The van der Waals surface area contributed by atoms with Crippen LogP contribution in [0.3, 0.4) is 0 Å². The number of carbonyl (C=O) groups is 2. The Kier molecular flexibility index (Phi) is 32.9. The molecule has 0 aromatic rings. The minimum Gasteiger partial charge on any atom is -0.480 e. The van der Waals surface area contributed by atoms with Crippen LogP contribution in [0.2, 0.25) is 0 Å². The molecule has 0 aromatic carbocycles. The first-order valence-corrected chi connectivity index (χ1v) is 18.9. The largest absolute Gasteiger partial charge is 0.480 e. The molecule has 6 heteroatoms. The van der Waals surface area contributed by atoms with Crippen molar-refractivity contribution < 1.29 is 24.6 Å². The van der Waals surface area contributed by atoms with Crippen molar-refractivity contribution in [3.8, 4) is 0 Å². The van der Waals surface area contributed by atoms with Gasteiger partial charge >= 0.3 is 11.9 Å². The number of aliphatic carboxylic acids is 1. The molecule has 1 aliphatic rings. The van der Waals surface area contributed by atoms with Gasteiger partial charge in [-0.3, -0.25) is 9.59 Å². The standard InChI is InChI=1S/C32H64O2.C5H9NO3/c1-3-5-7-9-11-13-15-17-19-21-23-25-27-29-31-34-32(33)30-28-26-24-22-20-18-16-14-12-10-8-6-4-2;7-5(8)4-2-1-3-6(4)9/h3-31H2,1-2H3;4,9H,1-3H2,(H,7,8)/t;4-/m.0/s1. The molecule has 1 saturated heterocycles. The van der Waals surface area contributed by atoms with Crippen LogP contribution in [0.5, 0.6) is 0 Å². The van der Waals surface area contributed by atoms with Gasteiger partial charge in [-0.15, -0.1) is 0 Å². The number of hydrogen-bond acceptors (Lipinski definition) is 5. The van der Waals surface area contributed by atoms with Crippen molar-refractivity contribution in [1.29, 1.82) is 0 Å². The molecule has 1 fully saturated rings. The summed E-state index contributed by atoms with van der Waals surface area (Å²) >= 11 is 0. The minimum atomic E-state index is -0.935. The number of carboxylic acid groups (broad SMARTS) is 1. The second kappa shape index (κ2) is 33.7. The Hall–Kier alpha value is -1.14. The number of nitrogens with zero attached hydrogens (tertiary/aromatic N) is 1. The van der Waals surface area contributed by atoms with Crippen LogP contribution in [0.15, 0.2) is 0 Å². The van der Waals surface area contributed by atoms with Crippen LogP contribution in [-0.4, -0.2) is 46.5 Å². The van der Waals surface area contributed by atoms with Crippen molar-refractivity contribution in [2.24, 2.45) is 0 Å². The van der Waals surface area contributed by atoms with Gasteiger partial charge in [0.2, 0.25) is 0 Å². The zero-order valence-electron chi connectivity index (χ0n) is 28.8. The number of unbranched alkanes of at least 4 members (excludes halogenated alkanes) is 25. The molecule has 1 aliphatic heterocycles. The molecule has 0 aromatic heterocycles. The lowest BCUT2D eigenvalue weighted by atomic mass is 10.0. The van der Waals surface area contributed by atoms with E-state index in [1.807, 2.05) is 0 Å². The third-order valence-corrected chi connectivity index (χ3v) is 8.76. The average Bonchev–Trinajstić information content (AvgIpc) is 3.44. The molecule has 43 heavy (non-hydrogen) atoms. The van der Waals surface area contributed by atoms with Gasteiger partial charge < -0.3 is 15.1 Å². The van der Waals surface area contributed by atoms with Gasteiger partial charge in [-0.25, -0.2) is 0 Å². The highest BCUT2D eigenvalue weighted by Gasteiger charge is 2.28. The zero-order chi connectivity index (χ0) is 31.6. The van der Waals surface area contributed by atoms with Crippen LogP contribution in [0.25, 0.3) is 0 Å². The molecule has 256 valence electrons. The fourth-order valence-corrected chi connectivity index (χ4v) is 5.84. The zero-order valence-corrected chi connectivity index (χ0v) is 28.8. The third kappa shape index (κ3) is 30.7. The molecule has 0 radical (unpaired) electrons. The average molecular weight is 612 g/mol. The van der Waals surface area contributed by atoms with Gasteiger partial charge in [-0.1, -0.05) is 174 Å². The van der Waals surface area contributed by atoms with Crippen molar-refractivity contribution in [3.05, 3.63) is 0 Å². The topological polar surface area (TPSA) is 87.1 Å². The number of rotatable bonds is 30. The summed E-state index contributed by atoms with van der Waals surface area (Å²) < 4.78 is 5.42. The van der Waals surface area contributed by atoms with Crippen molar-refractivity contribution in [2.75, 3.05) is 13.2 Å². The van der Waals surface area contributed by atoms with Gasteiger partial charge in [0.25, 0.3) is 0 Å². The first kappa shape index (κ1) is 41.9.